The molecule has 5 rings (SSSR count). The lowest BCUT2D eigenvalue weighted by Gasteiger charge is -2.34. The van der Waals surface area contributed by atoms with Crippen LogP contribution in [0.5, 0.6) is 0 Å². The number of hydrogen-bond donors (Lipinski definition) is 3. The first kappa shape index (κ1) is 24.5. The van der Waals surface area contributed by atoms with Crippen molar-refractivity contribution in [3.8, 4) is 0 Å². The van der Waals surface area contributed by atoms with Crippen LogP contribution in [0.15, 0.2) is 65.7 Å². The molecule has 4 heterocycles. The van der Waals surface area contributed by atoms with Gasteiger partial charge in [0.2, 0.25) is 5.91 Å². The molecule has 0 spiro atoms. The summed E-state index contributed by atoms with van der Waals surface area (Å²) in [5.74, 6) is 1.91. The standard InChI is InChI=1S/C28H31N7O2/c1-19-3-8-24(30-18-19)32-25-17-22-9-11-29-28(37)26(22)27(33-25)31-23-6-4-21(5-7-23)10-12-34-13-15-35(16-14-34)20(2)36/h3-9,11,17-18H,10,12-16H2,1-2H3,(H,29,37)(H2,30,31,32,33). The second-order valence-corrected chi connectivity index (χ2v) is 9.39. The number of hydrogen-bond acceptors (Lipinski definition) is 7. The molecule has 1 amide bonds. The van der Waals surface area contributed by atoms with Gasteiger partial charge in [0.1, 0.15) is 17.5 Å². The zero-order valence-corrected chi connectivity index (χ0v) is 21.1. The number of rotatable bonds is 7. The van der Waals surface area contributed by atoms with Gasteiger partial charge in [-0.25, -0.2) is 9.97 Å². The first-order valence-corrected chi connectivity index (χ1v) is 12.5. The minimum Gasteiger partial charge on any atom is -0.340 e. The molecule has 37 heavy (non-hydrogen) atoms. The van der Waals surface area contributed by atoms with E-state index in [9.17, 15) is 9.59 Å². The highest BCUT2D eigenvalue weighted by molar-refractivity contribution is 5.94. The number of aromatic amines is 1. The number of piperazine rings is 1. The number of nitrogens with one attached hydrogen (secondary N) is 3. The van der Waals surface area contributed by atoms with E-state index in [-0.39, 0.29) is 11.5 Å². The molecule has 1 fully saturated rings. The van der Waals surface area contributed by atoms with Crippen LogP contribution in [-0.2, 0) is 11.2 Å². The Labute approximate surface area is 215 Å². The zero-order chi connectivity index (χ0) is 25.8. The second kappa shape index (κ2) is 10.8. The van der Waals surface area contributed by atoms with E-state index in [0.717, 1.165) is 55.8 Å². The second-order valence-electron chi connectivity index (χ2n) is 9.39. The predicted molar refractivity (Wildman–Crippen MR) is 147 cm³/mol. The first-order chi connectivity index (χ1) is 17.9. The number of aryl methyl sites for hydroxylation is 1. The summed E-state index contributed by atoms with van der Waals surface area (Å²) in [5, 5.41) is 7.84. The average Bonchev–Trinajstić information content (AvgIpc) is 2.90. The highest BCUT2D eigenvalue weighted by Gasteiger charge is 2.18. The number of carbonyl (C=O) groups is 1. The van der Waals surface area contributed by atoms with Crippen LogP contribution in [0.4, 0.5) is 23.1 Å². The maximum absolute atomic E-state index is 12.6. The molecule has 0 aliphatic carbocycles. The third-order valence-electron chi connectivity index (χ3n) is 6.67. The van der Waals surface area contributed by atoms with E-state index in [4.69, 9.17) is 4.98 Å². The normalized spacial score (nSPS) is 14.1. The van der Waals surface area contributed by atoms with Gasteiger partial charge in [-0.15, -0.1) is 0 Å². The van der Waals surface area contributed by atoms with E-state index in [1.807, 2.05) is 48.2 Å². The van der Waals surface area contributed by atoms with Crippen molar-refractivity contribution in [2.75, 3.05) is 43.4 Å². The molecule has 1 aliphatic rings. The van der Waals surface area contributed by atoms with Gasteiger partial charge in [0.25, 0.3) is 5.56 Å². The van der Waals surface area contributed by atoms with Crippen LogP contribution in [0.3, 0.4) is 0 Å². The fourth-order valence-corrected chi connectivity index (χ4v) is 4.51. The Hall–Kier alpha value is -4.24. The van der Waals surface area contributed by atoms with Gasteiger partial charge >= 0.3 is 0 Å². The van der Waals surface area contributed by atoms with Crippen molar-refractivity contribution in [3.63, 3.8) is 0 Å². The number of aromatic nitrogens is 3. The fourth-order valence-electron chi connectivity index (χ4n) is 4.51. The van der Waals surface area contributed by atoms with Crippen LogP contribution >= 0.6 is 0 Å². The SMILES string of the molecule is CC(=O)N1CCN(CCc2ccc(Nc3nc(Nc4ccc(C)cn4)cc4cc[nH]c(=O)c34)cc2)CC1. The van der Waals surface area contributed by atoms with Crippen molar-refractivity contribution in [1.29, 1.82) is 0 Å². The van der Waals surface area contributed by atoms with E-state index in [1.54, 1.807) is 19.3 Å². The Morgan fingerprint density at radius 3 is 2.49 bits per heavy atom. The highest BCUT2D eigenvalue weighted by atomic mass is 16.2. The average molecular weight is 498 g/mol. The molecule has 1 aliphatic heterocycles. The third-order valence-corrected chi connectivity index (χ3v) is 6.67. The molecule has 1 aromatic carbocycles. The molecule has 9 nitrogen and oxygen atoms in total. The van der Waals surface area contributed by atoms with Gasteiger partial charge in [0.15, 0.2) is 0 Å². The number of pyridine rings is 3. The van der Waals surface area contributed by atoms with Crippen LogP contribution in [0.1, 0.15) is 18.1 Å². The van der Waals surface area contributed by atoms with Gasteiger partial charge in [0, 0.05) is 57.7 Å². The molecule has 3 N–H and O–H groups in total. The van der Waals surface area contributed by atoms with Crippen LogP contribution in [0, 0.1) is 6.92 Å². The molecule has 0 unspecified atom stereocenters. The Kier molecular flexibility index (Phi) is 7.14. The summed E-state index contributed by atoms with van der Waals surface area (Å²) >= 11 is 0. The third kappa shape index (κ3) is 5.95. The Balaban J connectivity index is 1.29. The summed E-state index contributed by atoms with van der Waals surface area (Å²) in [7, 11) is 0. The largest absolute Gasteiger partial charge is 0.340 e. The summed E-state index contributed by atoms with van der Waals surface area (Å²) in [4.78, 5) is 40.3. The Morgan fingerprint density at radius 2 is 1.78 bits per heavy atom. The maximum atomic E-state index is 12.6. The number of carbonyl (C=O) groups excluding carboxylic acids is 1. The number of nitrogens with zero attached hydrogens (tertiary/aromatic N) is 4. The van der Waals surface area contributed by atoms with E-state index >= 15 is 0 Å². The minimum atomic E-state index is -0.200. The van der Waals surface area contributed by atoms with Crippen molar-refractivity contribution in [3.05, 3.63) is 82.4 Å². The summed E-state index contributed by atoms with van der Waals surface area (Å²) in [6.07, 6.45) is 4.36. The molecular formula is C28H31N7O2. The monoisotopic (exact) mass is 497 g/mol. The first-order valence-electron chi connectivity index (χ1n) is 12.5. The number of H-pyrrole nitrogens is 1. The molecule has 3 aromatic heterocycles. The van der Waals surface area contributed by atoms with Crippen molar-refractivity contribution in [2.24, 2.45) is 0 Å². The van der Waals surface area contributed by atoms with Gasteiger partial charge in [0.05, 0.1) is 5.39 Å². The topological polar surface area (TPSA) is 106 Å². The maximum Gasteiger partial charge on any atom is 0.259 e. The van der Waals surface area contributed by atoms with E-state index in [2.05, 4.69) is 37.6 Å². The fraction of sp³-hybridized carbons (Fsp3) is 0.286. The van der Waals surface area contributed by atoms with Gasteiger partial charge in [-0.1, -0.05) is 18.2 Å². The van der Waals surface area contributed by atoms with Gasteiger partial charge in [-0.05, 0) is 60.2 Å². The van der Waals surface area contributed by atoms with Crippen molar-refractivity contribution < 1.29 is 4.79 Å². The molecule has 0 bridgehead atoms. The zero-order valence-electron chi connectivity index (χ0n) is 21.1. The summed E-state index contributed by atoms with van der Waals surface area (Å²) in [5.41, 5.74) is 2.96. The lowest BCUT2D eigenvalue weighted by molar-refractivity contribution is -0.130. The summed E-state index contributed by atoms with van der Waals surface area (Å²) < 4.78 is 0. The van der Waals surface area contributed by atoms with E-state index in [0.29, 0.717) is 22.8 Å². The molecule has 0 atom stereocenters. The van der Waals surface area contributed by atoms with Gasteiger partial charge < -0.3 is 20.5 Å². The van der Waals surface area contributed by atoms with Crippen molar-refractivity contribution >= 4 is 39.8 Å². The Morgan fingerprint density at radius 1 is 1.00 bits per heavy atom. The van der Waals surface area contributed by atoms with Crippen LogP contribution < -0.4 is 16.2 Å². The van der Waals surface area contributed by atoms with Gasteiger partial charge in [-0.2, -0.15) is 0 Å². The molecular weight excluding hydrogens is 466 g/mol. The Bertz CT molecular complexity index is 1440. The minimum absolute atomic E-state index is 0.153. The van der Waals surface area contributed by atoms with Crippen LogP contribution in [-0.4, -0.2) is 63.4 Å². The van der Waals surface area contributed by atoms with Crippen molar-refractivity contribution in [2.45, 2.75) is 20.3 Å². The van der Waals surface area contributed by atoms with E-state index in [1.165, 1.54) is 5.56 Å². The lowest BCUT2D eigenvalue weighted by atomic mass is 10.1. The summed E-state index contributed by atoms with van der Waals surface area (Å²) in [6, 6.07) is 15.8. The number of amides is 1. The number of fused-ring (bicyclic) bond motifs is 1. The molecule has 9 heteroatoms. The van der Waals surface area contributed by atoms with Gasteiger partial charge in [-0.3, -0.25) is 14.5 Å². The van der Waals surface area contributed by atoms with Crippen LogP contribution in [0.25, 0.3) is 10.8 Å². The molecule has 0 saturated carbocycles. The van der Waals surface area contributed by atoms with Crippen molar-refractivity contribution in [1.82, 2.24) is 24.8 Å². The quantitative estimate of drug-likeness (QED) is 0.356. The van der Waals surface area contributed by atoms with Crippen LogP contribution in [0.2, 0.25) is 0 Å². The lowest BCUT2D eigenvalue weighted by Crippen LogP contribution is -2.48. The molecule has 1 saturated heterocycles. The number of benzene rings is 1. The highest BCUT2D eigenvalue weighted by Crippen LogP contribution is 2.26. The molecule has 4 aromatic rings. The molecule has 0 radical (unpaired) electrons. The smallest absolute Gasteiger partial charge is 0.259 e. The number of anilines is 4. The predicted octanol–water partition coefficient (Wildman–Crippen LogP) is 3.82. The summed E-state index contributed by atoms with van der Waals surface area (Å²) in [6.45, 7) is 8.00. The van der Waals surface area contributed by atoms with E-state index < -0.39 is 0 Å². The molecule has 190 valence electrons.